The summed E-state index contributed by atoms with van der Waals surface area (Å²) in [5.74, 6) is 4.68. The second kappa shape index (κ2) is 4.94. The minimum absolute atomic E-state index is 0.0373. The number of carbonyl (C=O) groups is 1. The molecule has 0 aliphatic carbocycles. The Balaban J connectivity index is 2.29. The predicted octanol–water partition coefficient (Wildman–Crippen LogP) is 1.93. The predicted molar refractivity (Wildman–Crippen MR) is 68.1 cm³/mol. The third kappa shape index (κ3) is 2.36. The molecule has 0 unspecified atom stereocenters. The van der Waals surface area contributed by atoms with Crippen molar-refractivity contribution in [2.45, 2.75) is 0 Å². The molecule has 0 bridgehead atoms. The Bertz CT molecular complexity index is 592. The molecule has 2 rings (SSSR count). The SMILES string of the molecule is NNC(=O)c1ccc(-c2ccc([N+](=O)[O-])cc2)s1. The van der Waals surface area contributed by atoms with E-state index in [9.17, 15) is 14.9 Å². The zero-order valence-electron chi connectivity index (χ0n) is 9.12. The van der Waals surface area contributed by atoms with E-state index in [0.717, 1.165) is 10.4 Å². The van der Waals surface area contributed by atoms with Crippen molar-refractivity contribution < 1.29 is 9.72 Å². The summed E-state index contributed by atoms with van der Waals surface area (Å²) in [6.07, 6.45) is 0. The van der Waals surface area contributed by atoms with E-state index >= 15 is 0 Å². The summed E-state index contributed by atoms with van der Waals surface area (Å²) in [6, 6.07) is 9.58. The number of thiophene rings is 1. The lowest BCUT2D eigenvalue weighted by Gasteiger charge is -1.97. The van der Waals surface area contributed by atoms with Crippen molar-refractivity contribution in [1.82, 2.24) is 5.43 Å². The number of nitro benzene ring substituents is 1. The van der Waals surface area contributed by atoms with Crippen molar-refractivity contribution >= 4 is 22.9 Å². The maximum absolute atomic E-state index is 11.3. The number of benzene rings is 1. The van der Waals surface area contributed by atoms with Gasteiger partial charge in [0, 0.05) is 17.0 Å². The summed E-state index contributed by atoms with van der Waals surface area (Å²) in [5, 5.41) is 10.5. The van der Waals surface area contributed by atoms with Crippen molar-refractivity contribution in [2.75, 3.05) is 0 Å². The number of nitro groups is 1. The van der Waals surface area contributed by atoms with Crippen LogP contribution in [0.15, 0.2) is 36.4 Å². The van der Waals surface area contributed by atoms with Gasteiger partial charge >= 0.3 is 0 Å². The maximum Gasteiger partial charge on any atom is 0.275 e. The molecule has 1 aromatic carbocycles. The van der Waals surface area contributed by atoms with Gasteiger partial charge in [-0.1, -0.05) is 0 Å². The number of amides is 1. The van der Waals surface area contributed by atoms with Crippen molar-refractivity contribution in [3.8, 4) is 10.4 Å². The first-order valence-corrected chi connectivity index (χ1v) is 5.79. The van der Waals surface area contributed by atoms with Crippen LogP contribution >= 0.6 is 11.3 Å². The molecule has 7 heteroatoms. The second-order valence-corrected chi connectivity index (χ2v) is 4.53. The number of nitrogens with two attached hydrogens (primary N) is 1. The van der Waals surface area contributed by atoms with Crippen LogP contribution < -0.4 is 11.3 Å². The van der Waals surface area contributed by atoms with E-state index in [-0.39, 0.29) is 11.6 Å². The van der Waals surface area contributed by atoms with Gasteiger partial charge in [-0.15, -0.1) is 11.3 Å². The van der Waals surface area contributed by atoms with E-state index in [1.165, 1.54) is 23.5 Å². The Morgan fingerprint density at radius 1 is 1.22 bits per heavy atom. The summed E-state index contributed by atoms with van der Waals surface area (Å²) >= 11 is 1.27. The molecule has 0 fully saturated rings. The first kappa shape index (κ1) is 12.2. The van der Waals surface area contributed by atoms with Gasteiger partial charge in [-0.25, -0.2) is 5.84 Å². The molecule has 0 saturated heterocycles. The fraction of sp³-hybridized carbons (Fsp3) is 0. The Hall–Kier alpha value is -2.25. The minimum Gasteiger partial charge on any atom is -0.289 e. The average molecular weight is 263 g/mol. The molecule has 0 aliphatic heterocycles. The number of rotatable bonds is 3. The van der Waals surface area contributed by atoms with Crippen LogP contribution in [0.25, 0.3) is 10.4 Å². The molecule has 92 valence electrons. The van der Waals surface area contributed by atoms with Gasteiger partial charge in [0.2, 0.25) is 0 Å². The molecule has 0 saturated carbocycles. The van der Waals surface area contributed by atoms with Crippen LogP contribution in [0, 0.1) is 10.1 Å². The van der Waals surface area contributed by atoms with E-state index in [0.29, 0.717) is 4.88 Å². The van der Waals surface area contributed by atoms with Gasteiger partial charge in [0.15, 0.2) is 0 Å². The van der Waals surface area contributed by atoms with Crippen molar-refractivity contribution in [3.05, 3.63) is 51.4 Å². The highest BCUT2D eigenvalue weighted by molar-refractivity contribution is 7.17. The van der Waals surface area contributed by atoms with Gasteiger partial charge in [0.1, 0.15) is 0 Å². The lowest BCUT2D eigenvalue weighted by atomic mass is 10.2. The van der Waals surface area contributed by atoms with E-state index in [1.807, 2.05) is 0 Å². The van der Waals surface area contributed by atoms with E-state index in [4.69, 9.17) is 5.84 Å². The monoisotopic (exact) mass is 263 g/mol. The molecule has 18 heavy (non-hydrogen) atoms. The molecule has 1 aromatic heterocycles. The Labute approximate surface area is 106 Å². The first-order valence-electron chi connectivity index (χ1n) is 4.97. The largest absolute Gasteiger partial charge is 0.289 e. The zero-order valence-corrected chi connectivity index (χ0v) is 9.94. The third-order valence-corrected chi connectivity index (χ3v) is 3.46. The zero-order chi connectivity index (χ0) is 13.1. The smallest absolute Gasteiger partial charge is 0.275 e. The van der Waals surface area contributed by atoms with E-state index < -0.39 is 4.92 Å². The Morgan fingerprint density at radius 3 is 2.44 bits per heavy atom. The Morgan fingerprint density at radius 2 is 1.89 bits per heavy atom. The highest BCUT2D eigenvalue weighted by Crippen LogP contribution is 2.29. The molecule has 0 spiro atoms. The van der Waals surface area contributed by atoms with E-state index in [2.05, 4.69) is 5.43 Å². The van der Waals surface area contributed by atoms with Crippen LogP contribution in [-0.4, -0.2) is 10.8 Å². The summed E-state index contributed by atoms with van der Waals surface area (Å²) in [5.41, 5.74) is 2.91. The van der Waals surface area contributed by atoms with Crippen molar-refractivity contribution in [1.29, 1.82) is 0 Å². The third-order valence-electron chi connectivity index (χ3n) is 2.32. The van der Waals surface area contributed by atoms with Crippen LogP contribution in [-0.2, 0) is 0 Å². The highest BCUT2D eigenvalue weighted by Gasteiger charge is 2.10. The first-order chi connectivity index (χ1) is 8.61. The molecular weight excluding hydrogens is 254 g/mol. The molecule has 2 aromatic rings. The number of nitrogens with one attached hydrogen (secondary N) is 1. The van der Waals surface area contributed by atoms with Gasteiger partial charge in [-0.3, -0.25) is 20.3 Å². The summed E-state index contributed by atoms with van der Waals surface area (Å²) in [4.78, 5) is 22.7. The summed E-state index contributed by atoms with van der Waals surface area (Å²) < 4.78 is 0. The number of hydrogen-bond acceptors (Lipinski definition) is 5. The minimum atomic E-state index is -0.453. The van der Waals surface area contributed by atoms with Crippen molar-refractivity contribution in [3.63, 3.8) is 0 Å². The topological polar surface area (TPSA) is 98.3 Å². The molecule has 6 nitrogen and oxygen atoms in total. The highest BCUT2D eigenvalue weighted by atomic mass is 32.1. The standard InChI is InChI=1S/C11H9N3O3S/c12-13-11(15)10-6-5-9(18-10)7-1-3-8(4-2-7)14(16)17/h1-6H,12H2,(H,13,15). The van der Waals surface area contributed by atoms with Crippen LogP contribution in [0.4, 0.5) is 5.69 Å². The quantitative estimate of drug-likeness (QED) is 0.382. The van der Waals surface area contributed by atoms with Crippen LogP contribution in [0.5, 0.6) is 0 Å². The number of non-ortho nitro benzene ring substituents is 1. The molecule has 0 radical (unpaired) electrons. The lowest BCUT2D eigenvalue weighted by Crippen LogP contribution is -2.29. The Kier molecular flexibility index (Phi) is 3.35. The number of hydrogen-bond donors (Lipinski definition) is 2. The van der Waals surface area contributed by atoms with Crippen molar-refractivity contribution in [2.24, 2.45) is 5.84 Å². The van der Waals surface area contributed by atoms with E-state index in [1.54, 1.807) is 24.3 Å². The fourth-order valence-electron chi connectivity index (χ4n) is 1.43. The molecule has 0 atom stereocenters. The van der Waals surface area contributed by atoms with Crippen LogP contribution in [0.2, 0.25) is 0 Å². The summed E-state index contributed by atoms with van der Waals surface area (Å²) in [6.45, 7) is 0. The second-order valence-electron chi connectivity index (χ2n) is 3.44. The van der Waals surface area contributed by atoms with Crippen LogP contribution in [0.3, 0.4) is 0 Å². The maximum atomic E-state index is 11.3. The number of carbonyl (C=O) groups excluding carboxylic acids is 1. The lowest BCUT2D eigenvalue weighted by molar-refractivity contribution is -0.384. The van der Waals surface area contributed by atoms with Gasteiger partial charge in [-0.05, 0) is 29.8 Å². The summed E-state index contributed by atoms with van der Waals surface area (Å²) in [7, 11) is 0. The average Bonchev–Trinajstić information content (AvgIpc) is 2.87. The van der Waals surface area contributed by atoms with Crippen LogP contribution in [0.1, 0.15) is 9.67 Å². The molecule has 1 amide bonds. The number of hydrazine groups is 1. The molecule has 1 heterocycles. The normalized spacial score (nSPS) is 10.1. The van der Waals surface area contributed by atoms with Gasteiger partial charge in [0.05, 0.1) is 9.80 Å². The fourth-order valence-corrected chi connectivity index (χ4v) is 2.35. The number of nitrogen functional groups attached to an aromatic ring is 1. The van der Waals surface area contributed by atoms with Gasteiger partial charge < -0.3 is 0 Å². The molecule has 0 aliphatic rings. The molecule has 3 N–H and O–H groups in total. The van der Waals surface area contributed by atoms with Gasteiger partial charge in [-0.2, -0.15) is 0 Å². The molecular formula is C11H9N3O3S. The number of nitrogens with zero attached hydrogens (tertiary/aromatic N) is 1. The van der Waals surface area contributed by atoms with Gasteiger partial charge in [0.25, 0.3) is 11.6 Å².